The van der Waals surface area contributed by atoms with Crippen molar-refractivity contribution in [2.75, 3.05) is 18.4 Å². The van der Waals surface area contributed by atoms with Crippen LogP contribution >= 0.6 is 27.5 Å². The molecule has 0 aliphatic rings. The van der Waals surface area contributed by atoms with E-state index in [-0.39, 0.29) is 5.91 Å². The van der Waals surface area contributed by atoms with E-state index in [2.05, 4.69) is 31.7 Å². The Morgan fingerprint density at radius 3 is 2.62 bits per heavy atom. The molecule has 37 heavy (non-hydrogen) atoms. The number of rotatable bonds is 9. The molecule has 0 aliphatic carbocycles. The molecule has 3 aromatic heterocycles. The molecule has 1 amide bonds. The Hall–Kier alpha value is -3.62. The molecule has 3 heterocycles. The number of benzene rings is 2. The Morgan fingerprint density at radius 2 is 1.81 bits per heavy atom. The highest BCUT2D eigenvalue weighted by Gasteiger charge is 2.21. The highest BCUT2D eigenvalue weighted by Crippen LogP contribution is 2.31. The molecule has 7 nitrogen and oxygen atoms in total. The van der Waals surface area contributed by atoms with E-state index < -0.39 is 0 Å². The minimum Gasteiger partial charge on any atom is -0.371 e. The molecule has 9 heteroatoms. The predicted molar refractivity (Wildman–Crippen MR) is 150 cm³/mol. The summed E-state index contributed by atoms with van der Waals surface area (Å²) in [4.78, 5) is 17.7. The molecule has 5 rings (SSSR count). The largest absolute Gasteiger partial charge is 0.371 e. The van der Waals surface area contributed by atoms with Crippen LogP contribution in [-0.4, -0.2) is 33.5 Å². The van der Waals surface area contributed by atoms with Gasteiger partial charge in [0.1, 0.15) is 22.8 Å². The van der Waals surface area contributed by atoms with Crippen molar-refractivity contribution < 1.29 is 9.32 Å². The molecule has 0 aliphatic heterocycles. The molecule has 0 atom stereocenters. The highest BCUT2D eigenvalue weighted by atomic mass is 79.9. The maximum Gasteiger partial charge on any atom is 0.257 e. The number of hydrogen-bond donors (Lipinski definition) is 2. The Kier molecular flexibility index (Phi) is 7.58. The van der Waals surface area contributed by atoms with Gasteiger partial charge in [0.25, 0.3) is 5.91 Å². The zero-order valence-corrected chi connectivity index (χ0v) is 22.5. The van der Waals surface area contributed by atoms with Crippen LogP contribution in [0.5, 0.6) is 0 Å². The minimum atomic E-state index is -0.178. The van der Waals surface area contributed by atoms with Gasteiger partial charge in [-0.1, -0.05) is 65.3 Å². The number of anilines is 1. The number of amides is 1. The summed E-state index contributed by atoms with van der Waals surface area (Å²) in [7, 11) is 0. The molecule has 2 aromatic carbocycles. The highest BCUT2D eigenvalue weighted by molar-refractivity contribution is 9.10. The third kappa shape index (κ3) is 5.40. The molecular formula is C28H25BrClN5O2. The number of fused-ring (bicyclic) bond motifs is 1. The van der Waals surface area contributed by atoms with Crippen LogP contribution in [0.15, 0.2) is 81.9 Å². The monoisotopic (exact) mass is 577 g/mol. The van der Waals surface area contributed by atoms with E-state index in [0.29, 0.717) is 28.6 Å². The number of aromatic nitrogens is 3. The van der Waals surface area contributed by atoms with E-state index in [1.807, 2.05) is 77.3 Å². The number of halogens is 2. The predicted octanol–water partition coefficient (Wildman–Crippen LogP) is 7.00. The van der Waals surface area contributed by atoms with Gasteiger partial charge >= 0.3 is 0 Å². The number of nitrogens with zero attached hydrogens (tertiary/aromatic N) is 3. The third-order valence-corrected chi connectivity index (χ3v) is 7.00. The number of nitrogens with one attached hydrogen (secondary N) is 2. The number of aryl methyl sites for hydroxylation is 1. The minimum absolute atomic E-state index is 0.178. The molecule has 2 N–H and O–H groups in total. The van der Waals surface area contributed by atoms with Crippen molar-refractivity contribution >= 4 is 44.9 Å². The smallest absolute Gasteiger partial charge is 0.257 e. The first-order valence-electron chi connectivity index (χ1n) is 12.0. The lowest BCUT2D eigenvalue weighted by atomic mass is 10.1. The van der Waals surface area contributed by atoms with E-state index in [1.165, 1.54) is 0 Å². The van der Waals surface area contributed by atoms with Crippen LogP contribution in [0.3, 0.4) is 0 Å². The summed E-state index contributed by atoms with van der Waals surface area (Å²) in [6, 6.07) is 21.2. The molecule has 0 unspecified atom stereocenters. The van der Waals surface area contributed by atoms with Gasteiger partial charge < -0.3 is 15.2 Å². The van der Waals surface area contributed by atoms with Gasteiger partial charge in [0.15, 0.2) is 5.65 Å². The van der Waals surface area contributed by atoms with Crippen LogP contribution in [0.25, 0.3) is 28.2 Å². The van der Waals surface area contributed by atoms with Crippen LogP contribution in [0.2, 0.25) is 5.02 Å². The van der Waals surface area contributed by atoms with Crippen molar-refractivity contribution in [3.63, 3.8) is 0 Å². The summed E-state index contributed by atoms with van der Waals surface area (Å²) >= 11 is 10.0. The van der Waals surface area contributed by atoms with E-state index in [4.69, 9.17) is 21.1 Å². The SMILES string of the molecule is Cc1onc(-c2ccccc2)c1C(=O)NCCCCNc1cc(-c2ccccc2Cl)nc2c(Br)ccn12. The summed E-state index contributed by atoms with van der Waals surface area (Å²) in [5.41, 5.74) is 4.38. The molecule has 0 bridgehead atoms. The van der Waals surface area contributed by atoms with Gasteiger partial charge in [-0.25, -0.2) is 4.98 Å². The van der Waals surface area contributed by atoms with Crippen LogP contribution in [-0.2, 0) is 0 Å². The molecule has 0 radical (unpaired) electrons. The van der Waals surface area contributed by atoms with E-state index in [9.17, 15) is 4.79 Å². The average Bonchev–Trinajstić information content (AvgIpc) is 3.49. The van der Waals surface area contributed by atoms with Gasteiger partial charge in [0.2, 0.25) is 0 Å². The Balaban J connectivity index is 1.20. The molecule has 0 saturated heterocycles. The van der Waals surface area contributed by atoms with Crippen LogP contribution in [0.1, 0.15) is 29.0 Å². The van der Waals surface area contributed by atoms with Crippen LogP contribution in [0.4, 0.5) is 5.82 Å². The number of hydrogen-bond acceptors (Lipinski definition) is 5. The quantitative estimate of drug-likeness (QED) is 0.184. The van der Waals surface area contributed by atoms with Crippen molar-refractivity contribution in [3.05, 3.63) is 93.7 Å². The lowest BCUT2D eigenvalue weighted by Crippen LogP contribution is -2.25. The maximum atomic E-state index is 12.9. The first-order valence-corrected chi connectivity index (χ1v) is 13.2. The molecule has 188 valence electrons. The fourth-order valence-corrected chi connectivity index (χ4v) is 4.81. The van der Waals surface area contributed by atoms with Crippen molar-refractivity contribution in [1.82, 2.24) is 19.9 Å². The summed E-state index contributed by atoms with van der Waals surface area (Å²) < 4.78 is 8.23. The van der Waals surface area contributed by atoms with E-state index in [0.717, 1.165) is 52.1 Å². The first kappa shape index (κ1) is 25.0. The van der Waals surface area contributed by atoms with Gasteiger partial charge in [0.05, 0.1) is 10.2 Å². The molecule has 5 aromatic rings. The standard InChI is InChI=1S/C28H25BrClN5O2/c1-18-25(26(34-37-18)19-9-3-2-4-10-19)28(36)32-15-8-7-14-31-24-17-23(20-11-5-6-12-22(20)30)33-27-21(29)13-16-35(24)27/h2-6,9-13,16-17,31H,7-8,14-15H2,1H3,(H,32,36). The van der Waals surface area contributed by atoms with Gasteiger partial charge in [-0.05, 0) is 47.8 Å². The van der Waals surface area contributed by atoms with Gasteiger partial charge in [-0.15, -0.1) is 0 Å². The molecule has 0 fully saturated rings. The maximum absolute atomic E-state index is 12.9. The fraction of sp³-hybridized carbons (Fsp3) is 0.179. The molecule has 0 spiro atoms. The summed E-state index contributed by atoms with van der Waals surface area (Å²) in [5, 5.41) is 11.3. The third-order valence-electron chi connectivity index (χ3n) is 6.05. The normalized spacial score (nSPS) is 11.1. The summed E-state index contributed by atoms with van der Waals surface area (Å²) in [6.07, 6.45) is 3.64. The fourth-order valence-electron chi connectivity index (χ4n) is 4.18. The first-order chi connectivity index (χ1) is 18.0. The zero-order chi connectivity index (χ0) is 25.8. The lowest BCUT2D eigenvalue weighted by molar-refractivity contribution is 0.0952. The Bertz CT molecular complexity index is 1550. The van der Waals surface area contributed by atoms with Crippen LogP contribution < -0.4 is 10.6 Å². The number of carbonyl (C=O) groups is 1. The van der Waals surface area contributed by atoms with Gasteiger partial charge in [-0.3, -0.25) is 9.20 Å². The van der Waals surface area contributed by atoms with Crippen molar-refractivity contribution in [1.29, 1.82) is 0 Å². The number of carbonyl (C=O) groups excluding carboxylic acids is 1. The average molecular weight is 579 g/mol. The Labute approximate surface area is 228 Å². The van der Waals surface area contributed by atoms with Gasteiger partial charge in [0, 0.05) is 41.5 Å². The van der Waals surface area contributed by atoms with Crippen LogP contribution in [0, 0.1) is 6.92 Å². The summed E-state index contributed by atoms with van der Waals surface area (Å²) in [6.45, 7) is 3.03. The van der Waals surface area contributed by atoms with Crippen molar-refractivity contribution in [2.45, 2.75) is 19.8 Å². The zero-order valence-electron chi connectivity index (χ0n) is 20.2. The van der Waals surface area contributed by atoms with Crippen molar-refractivity contribution in [2.24, 2.45) is 0 Å². The van der Waals surface area contributed by atoms with E-state index in [1.54, 1.807) is 6.92 Å². The topological polar surface area (TPSA) is 84.5 Å². The second-order valence-corrected chi connectivity index (χ2v) is 9.84. The second-order valence-electron chi connectivity index (χ2n) is 8.58. The molecule has 0 saturated carbocycles. The second kappa shape index (κ2) is 11.2. The van der Waals surface area contributed by atoms with Gasteiger partial charge in [-0.2, -0.15) is 0 Å². The lowest BCUT2D eigenvalue weighted by Gasteiger charge is -2.13. The van der Waals surface area contributed by atoms with Crippen molar-refractivity contribution in [3.8, 4) is 22.5 Å². The Morgan fingerprint density at radius 1 is 1.05 bits per heavy atom. The van der Waals surface area contributed by atoms with E-state index >= 15 is 0 Å². The number of unbranched alkanes of at least 4 members (excludes halogenated alkanes) is 1. The summed E-state index contributed by atoms with van der Waals surface area (Å²) in [5.74, 6) is 1.25. The molecular weight excluding hydrogens is 554 g/mol.